The van der Waals surface area contributed by atoms with Gasteiger partial charge in [-0.25, -0.2) is 9.37 Å². The third-order valence-corrected chi connectivity index (χ3v) is 4.85. The van der Waals surface area contributed by atoms with Crippen LogP contribution in [0.5, 0.6) is 0 Å². The number of halogens is 1. The number of aromatic nitrogens is 2. The zero-order valence-electron chi connectivity index (χ0n) is 14.5. The number of nitrogens with one attached hydrogen (secondary N) is 2. The Balaban J connectivity index is 1.77. The summed E-state index contributed by atoms with van der Waals surface area (Å²) in [6.45, 7) is 1.99. The van der Waals surface area contributed by atoms with Gasteiger partial charge in [0.2, 0.25) is 0 Å². The first-order chi connectivity index (χ1) is 12.7. The maximum Gasteiger partial charge on any atom is 0.136 e. The van der Waals surface area contributed by atoms with Crippen molar-refractivity contribution in [2.75, 3.05) is 24.1 Å². The van der Waals surface area contributed by atoms with Crippen molar-refractivity contribution < 1.29 is 4.39 Å². The van der Waals surface area contributed by atoms with Crippen molar-refractivity contribution in [2.45, 2.75) is 25.3 Å². The molecular weight excluding hydrogens is 329 g/mol. The molecule has 0 bridgehead atoms. The molecule has 1 fully saturated rings. The van der Waals surface area contributed by atoms with E-state index in [4.69, 9.17) is 5.73 Å². The van der Waals surface area contributed by atoms with Gasteiger partial charge in [-0.3, -0.25) is 4.98 Å². The number of nitrogen functional groups attached to an aromatic ring is 1. The zero-order chi connectivity index (χ0) is 17.9. The minimum absolute atomic E-state index is 0.177. The van der Waals surface area contributed by atoms with E-state index in [1.54, 1.807) is 12.4 Å². The van der Waals surface area contributed by atoms with E-state index >= 15 is 0 Å². The Hall–Kier alpha value is -2.73. The van der Waals surface area contributed by atoms with Crippen LogP contribution >= 0.6 is 0 Å². The monoisotopic (exact) mass is 351 g/mol. The van der Waals surface area contributed by atoms with Crippen molar-refractivity contribution in [1.29, 1.82) is 0 Å². The Morgan fingerprint density at radius 1 is 1.19 bits per heavy atom. The molecule has 0 spiro atoms. The highest BCUT2D eigenvalue weighted by atomic mass is 19.1. The Morgan fingerprint density at radius 3 is 3.00 bits per heavy atom. The molecule has 1 aliphatic rings. The fraction of sp³-hybridized carbons (Fsp3) is 0.300. The van der Waals surface area contributed by atoms with Gasteiger partial charge in [0.25, 0.3) is 0 Å². The summed E-state index contributed by atoms with van der Waals surface area (Å²) in [6.07, 6.45) is 8.58. The number of nitrogens with zero attached hydrogens (tertiary/aromatic N) is 2. The Morgan fingerprint density at radius 2 is 2.12 bits per heavy atom. The largest absolute Gasteiger partial charge is 0.384 e. The van der Waals surface area contributed by atoms with Gasteiger partial charge in [0, 0.05) is 59.3 Å². The van der Waals surface area contributed by atoms with Crippen LogP contribution in [0, 0.1) is 5.82 Å². The summed E-state index contributed by atoms with van der Waals surface area (Å²) in [5.74, 6) is -0.195. The molecule has 1 atom stereocenters. The molecule has 134 valence electrons. The van der Waals surface area contributed by atoms with E-state index < -0.39 is 0 Å². The molecule has 3 heterocycles. The molecule has 1 aliphatic heterocycles. The summed E-state index contributed by atoms with van der Waals surface area (Å²) >= 11 is 0. The smallest absolute Gasteiger partial charge is 0.136 e. The van der Waals surface area contributed by atoms with E-state index in [1.807, 2.05) is 18.2 Å². The lowest BCUT2D eigenvalue weighted by Crippen LogP contribution is -2.30. The Bertz CT molecular complexity index is 919. The number of pyridine rings is 2. The van der Waals surface area contributed by atoms with E-state index in [1.165, 1.54) is 25.1 Å². The van der Waals surface area contributed by atoms with Gasteiger partial charge in [-0.05, 0) is 43.1 Å². The Kier molecular flexibility index (Phi) is 4.67. The van der Waals surface area contributed by atoms with Gasteiger partial charge in [0.05, 0.1) is 0 Å². The minimum Gasteiger partial charge on any atom is -0.384 e. The molecule has 0 aliphatic carbocycles. The lowest BCUT2D eigenvalue weighted by atomic mass is 10.0. The van der Waals surface area contributed by atoms with E-state index in [-0.39, 0.29) is 11.6 Å². The zero-order valence-corrected chi connectivity index (χ0v) is 14.5. The van der Waals surface area contributed by atoms with Gasteiger partial charge in [-0.15, -0.1) is 0 Å². The summed E-state index contributed by atoms with van der Waals surface area (Å²) in [6, 6.07) is 7.52. The van der Waals surface area contributed by atoms with Crippen LogP contribution in [0.15, 0.2) is 42.9 Å². The standard InChI is InChI=1S/C20H22FN5/c21-18-9-20(22)25-12-17(18)13-7-14-10-24-6-4-16(14)19(8-13)26-15-3-1-2-5-23-11-15/h4,6-10,12,15,23,26H,1-3,5,11H2,(H2,22,25)/t15-/m0/s1. The maximum atomic E-state index is 14.4. The van der Waals surface area contributed by atoms with Crippen LogP contribution in [0.25, 0.3) is 21.9 Å². The quantitative estimate of drug-likeness (QED) is 0.672. The molecule has 2 aromatic heterocycles. The van der Waals surface area contributed by atoms with E-state index in [2.05, 4.69) is 20.6 Å². The van der Waals surface area contributed by atoms with Gasteiger partial charge >= 0.3 is 0 Å². The second-order valence-corrected chi connectivity index (χ2v) is 6.75. The summed E-state index contributed by atoms with van der Waals surface area (Å²) in [5.41, 5.74) is 7.78. The first-order valence-electron chi connectivity index (χ1n) is 8.97. The van der Waals surface area contributed by atoms with Gasteiger partial charge in [-0.2, -0.15) is 0 Å². The molecule has 4 N–H and O–H groups in total. The minimum atomic E-state index is -0.372. The Labute approximate surface area is 151 Å². The van der Waals surface area contributed by atoms with Crippen molar-refractivity contribution in [3.05, 3.63) is 48.7 Å². The number of hydrogen-bond acceptors (Lipinski definition) is 5. The SMILES string of the molecule is Nc1cc(F)c(-c2cc(N[C@H]3CCCCNC3)c3ccncc3c2)cn1. The lowest BCUT2D eigenvalue weighted by molar-refractivity contribution is 0.630. The second kappa shape index (κ2) is 7.25. The van der Waals surface area contributed by atoms with E-state index in [0.717, 1.165) is 41.5 Å². The number of fused-ring (bicyclic) bond motifs is 1. The van der Waals surface area contributed by atoms with E-state index in [9.17, 15) is 4.39 Å². The van der Waals surface area contributed by atoms with Crippen LogP contribution < -0.4 is 16.4 Å². The molecule has 5 nitrogen and oxygen atoms in total. The molecule has 1 aromatic carbocycles. The summed E-state index contributed by atoms with van der Waals surface area (Å²) in [4.78, 5) is 8.26. The van der Waals surface area contributed by atoms with Crippen molar-refractivity contribution in [3.63, 3.8) is 0 Å². The van der Waals surface area contributed by atoms with Gasteiger partial charge < -0.3 is 16.4 Å². The highest BCUT2D eigenvalue weighted by molar-refractivity contribution is 5.97. The molecule has 3 aromatic rings. The average molecular weight is 351 g/mol. The third kappa shape index (κ3) is 3.46. The van der Waals surface area contributed by atoms with Gasteiger partial charge in [0.1, 0.15) is 11.6 Å². The van der Waals surface area contributed by atoms with Crippen LogP contribution in [0.4, 0.5) is 15.9 Å². The molecule has 0 saturated carbocycles. The van der Waals surface area contributed by atoms with Crippen molar-refractivity contribution in [3.8, 4) is 11.1 Å². The lowest BCUT2D eigenvalue weighted by Gasteiger charge is -2.20. The molecule has 4 rings (SSSR count). The molecule has 0 radical (unpaired) electrons. The third-order valence-electron chi connectivity index (χ3n) is 4.85. The first-order valence-corrected chi connectivity index (χ1v) is 8.97. The van der Waals surface area contributed by atoms with Gasteiger partial charge in [-0.1, -0.05) is 6.42 Å². The number of rotatable bonds is 3. The fourth-order valence-corrected chi connectivity index (χ4v) is 3.50. The second-order valence-electron chi connectivity index (χ2n) is 6.75. The number of benzene rings is 1. The van der Waals surface area contributed by atoms with Crippen LogP contribution in [0.1, 0.15) is 19.3 Å². The molecule has 6 heteroatoms. The topological polar surface area (TPSA) is 75.9 Å². The van der Waals surface area contributed by atoms with Crippen LogP contribution in [-0.4, -0.2) is 29.1 Å². The average Bonchev–Trinajstić information content (AvgIpc) is 2.90. The predicted molar refractivity (Wildman–Crippen MR) is 103 cm³/mol. The van der Waals surface area contributed by atoms with Crippen molar-refractivity contribution in [1.82, 2.24) is 15.3 Å². The van der Waals surface area contributed by atoms with Crippen LogP contribution in [0.2, 0.25) is 0 Å². The number of hydrogen-bond donors (Lipinski definition) is 3. The fourth-order valence-electron chi connectivity index (χ4n) is 3.50. The summed E-state index contributed by atoms with van der Waals surface area (Å²) in [7, 11) is 0. The highest BCUT2D eigenvalue weighted by Gasteiger charge is 2.15. The molecule has 26 heavy (non-hydrogen) atoms. The number of anilines is 2. The van der Waals surface area contributed by atoms with Gasteiger partial charge in [0.15, 0.2) is 0 Å². The van der Waals surface area contributed by atoms with Crippen LogP contribution in [-0.2, 0) is 0 Å². The normalized spacial score (nSPS) is 17.8. The molecular formula is C20H22FN5. The molecule has 0 amide bonds. The molecule has 1 saturated heterocycles. The summed E-state index contributed by atoms with van der Waals surface area (Å²) < 4.78 is 14.4. The van der Waals surface area contributed by atoms with Crippen molar-refractivity contribution >= 4 is 22.3 Å². The molecule has 0 unspecified atom stereocenters. The van der Waals surface area contributed by atoms with Crippen LogP contribution in [0.3, 0.4) is 0 Å². The maximum absolute atomic E-state index is 14.4. The van der Waals surface area contributed by atoms with E-state index in [0.29, 0.717) is 11.6 Å². The first kappa shape index (κ1) is 16.7. The number of nitrogens with two attached hydrogens (primary N) is 1. The summed E-state index contributed by atoms with van der Waals surface area (Å²) in [5, 5.41) is 9.16. The predicted octanol–water partition coefficient (Wildman–Crippen LogP) is 3.57. The van der Waals surface area contributed by atoms with Crippen molar-refractivity contribution in [2.24, 2.45) is 0 Å². The highest BCUT2D eigenvalue weighted by Crippen LogP contribution is 2.32.